The van der Waals surface area contributed by atoms with E-state index in [1.54, 1.807) is 35.6 Å². The lowest BCUT2D eigenvalue weighted by molar-refractivity contribution is 0.0472. The van der Waals surface area contributed by atoms with E-state index in [-0.39, 0.29) is 17.3 Å². The lowest BCUT2D eigenvalue weighted by Crippen LogP contribution is -2.50. The van der Waals surface area contributed by atoms with Gasteiger partial charge in [0.15, 0.2) is 9.84 Å². The van der Waals surface area contributed by atoms with Crippen LogP contribution in [-0.4, -0.2) is 86.0 Å². The summed E-state index contributed by atoms with van der Waals surface area (Å²) in [4.78, 5) is 9.00. The van der Waals surface area contributed by atoms with Crippen LogP contribution in [-0.2, 0) is 9.84 Å². The van der Waals surface area contributed by atoms with Gasteiger partial charge in [0.1, 0.15) is 18.5 Å². The van der Waals surface area contributed by atoms with Gasteiger partial charge < -0.3 is 15.6 Å². The van der Waals surface area contributed by atoms with Crippen molar-refractivity contribution in [3.05, 3.63) is 47.5 Å². The van der Waals surface area contributed by atoms with Crippen LogP contribution in [0.3, 0.4) is 0 Å². The van der Waals surface area contributed by atoms with Crippen LogP contribution < -0.4 is 10.5 Å². The van der Waals surface area contributed by atoms with E-state index in [1.807, 2.05) is 25.1 Å². The molecule has 1 fully saturated rings. The highest BCUT2D eigenvalue weighted by molar-refractivity contribution is 7.91. The summed E-state index contributed by atoms with van der Waals surface area (Å²) in [5, 5.41) is 11.4. The number of piperazine rings is 1. The molecule has 3 N–H and O–H groups in total. The third kappa shape index (κ3) is 6.21. The van der Waals surface area contributed by atoms with E-state index in [0.717, 1.165) is 41.4 Å². The molecule has 1 saturated heterocycles. The molecule has 0 amide bonds. The minimum absolute atomic E-state index is 0.0422. The lowest BCUT2D eigenvalue weighted by Gasteiger charge is -2.35. The Bertz CT molecular complexity index is 1190. The molecule has 178 valence electrons. The first kappa shape index (κ1) is 23.9. The maximum absolute atomic E-state index is 12.6. The van der Waals surface area contributed by atoms with Crippen molar-refractivity contribution in [1.29, 1.82) is 0 Å². The van der Waals surface area contributed by atoms with Crippen LogP contribution in [0.15, 0.2) is 47.4 Å². The average Bonchev–Trinajstić information content (AvgIpc) is 3.17. The number of ether oxygens (including phenoxy) is 1. The van der Waals surface area contributed by atoms with Crippen LogP contribution in [0.2, 0.25) is 0 Å². The summed E-state index contributed by atoms with van der Waals surface area (Å²) < 4.78 is 32.1. The van der Waals surface area contributed by atoms with Crippen LogP contribution in [0.25, 0.3) is 10.2 Å². The fraction of sp³-hybridized carbons (Fsp3) is 0.435. The maximum Gasteiger partial charge on any atom is 0.181 e. The van der Waals surface area contributed by atoms with Crippen LogP contribution in [0.4, 0.5) is 5.69 Å². The predicted molar refractivity (Wildman–Crippen MR) is 132 cm³/mol. The molecule has 0 spiro atoms. The quantitative estimate of drug-likeness (QED) is 0.439. The number of aromatic nitrogens is 1. The van der Waals surface area contributed by atoms with Crippen molar-refractivity contribution in [2.24, 2.45) is 0 Å². The summed E-state index contributed by atoms with van der Waals surface area (Å²) >= 11 is 1.65. The molecule has 2 aromatic carbocycles. The second-order valence-electron chi connectivity index (χ2n) is 8.33. The van der Waals surface area contributed by atoms with E-state index in [4.69, 9.17) is 10.5 Å². The minimum Gasteiger partial charge on any atom is -0.491 e. The van der Waals surface area contributed by atoms with Gasteiger partial charge in [-0.2, -0.15) is 0 Å². The Morgan fingerprint density at radius 2 is 1.88 bits per heavy atom. The molecule has 1 aromatic heterocycles. The highest BCUT2D eigenvalue weighted by atomic mass is 32.2. The second kappa shape index (κ2) is 10.4. The molecule has 0 unspecified atom stereocenters. The molecule has 1 aliphatic rings. The summed E-state index contributed by atoms with van der Waals surface area (Å²) in [5.41, 5.74) is 7.04. The fourth-order valence-electron chi connectivity index (χ4n) is 3.97. The number of aryl methyl sites for hydroxylation is 1. The molecule has 1 atom stereocenters. The first-order chi connectivity index (χ1) is 15.8. The molecule has 0 aliphatic carbocycles. The van der Waals surface area contributed by atoms with E-state index in [0.29, 0.717) is 24.5 Å². The van der Waals surface area contributed by atoms with Crippen molar-refractivity contribution in [3.63, 3.8) is 0 Å². The molecule has 0 saturated carbocycles. The number of thiazole rings is 1. The Morgan fingerprint density at radius 1 is 1.15 bits per heavy atom. The molecule has 2 heterocycles. The van der Waals surface area contributed by atoms with Crippen molar-refractivity contribution < 1.29 is 18.3 Å². The van der Waals surface area contributed by atoms with Crippen molar-refractivity contribution in [2.45, 2.75) is 17.9 Å². The number of β-amino-alcohol motifs (C(OH)–C–C–N with tert-alkyl or cyclic N) is 1. The topological polar surface area (TPSA) is 109 Å². The summed E-state index contributed by atoms with van der Waals surface area (Å²) in [6.07, 6.45) is -0.606. The van der Waals surface area contributed by atoms with Gasteiger partial charge in [-0.3, -0.25) is 9.80 Å². The summed E-state index contributed by atoms with van der Waals surface area (Å²) in [5.74, 6) is 0.748. The van der Waals surface area contributed by atoms with Gasteiger partial charge in [0.25, 0.3) is 0 Å². The van der Waals surface area contributed by atoms with Crippen molar-refractivity contribution in [3.8, 4) is 5.75 Å². The molecule has 8 nitrogen and oxygen atoms in total. The van der Waals surface area contributed by atoms with Gasteiger partial charge in [-0.25, -0.2) is 13.4 Å². The molecule has 4 rings (SSSR count). The van der Waals surface area contributed by atoms with Crippen molar-refractivity contribution >= 4 is 37.1 Å². The van der Waals surface area contributed by atoms with E-state index >= 15 is 0 Å². The Morgan fingerprint density at radius 3 is 2.64 bits per heavy atom. The van der Waals surface area contributed by atoms with Gasteiger partial charge in [0, 0.05) is 45.3 Å². The number of para-hydroxylation sites is 1. The molecule has 0 bridgehead atoms. The lowest BCUT2D eigenvalue weighted by atomic mass is 10.2. The molecular weight excluding hydrogens is 460 g/mol. The predicted octanol–water partition coefficient (Wildman–Crippen LogP) is 2.02. The largest absolute Gasteiger partial charge is 0.491 e. The third-order valence-corrected chi connectivity index (χ3v) is 8.49. The average molecular weight is 491 g/mol. The number of sulfone groups is 1. The normalized spacial score (nSPS) is 16.8. The van der Waals surface area contributed by atoms with E-state index in [2.05, 4.69) is 14.8 Å². The number of aliphatic hydroxyl groups excluding tert-OH is 1. The van der Waals surface area contributed by atoms with Gasteiger partial charge in [0.05, 0.1) is 31.6 Å². The molecule has 10 heteroatoms. The summed E-state index contributed by atoms with van der Waals surface area (Å²) in [7, 11) is -3.41. The summed E-state index contributed by atoms with van der Waals surface area (Å²) in [6, 6.07) is 12.4. The zero-order valence-electron chi connectivity index (χ0n) is 18.7. The van der Waals surface area contributed by atoms with Crippen molar-refractivity contribution in [1.82, 2.24) is 14.8 Å². The van der Waals surface area contributed by atoms with Crippen LogP contribution in [0, 0.1) is 6.92 Å². The monoisotopic (exact) mass is 490 g/mol. The zero-order valence-corrected chi connectivity index (χ0v) is 20.3. The number of aliphatic hydroxyl groups is 1. The van der Waals surface area contributed by atoms with E-state index in [9.17, 15) is 13.5 Å². The third-order valence-electron chi connectivity index (χ3n) is 5.77. The number of nitrogens with two attached hydrogens (primary N) is 1. The number of nitrogen functional groups attached to an aromatic ring is 1. The van der Waals surface area contributed by atoms with E-state index < -0.39 is 15.9 Å². The molecule has 3 aromatic rings. The van der Waals surface area contributed by atoms with Gasteiger partial charge >= 0.3 is 0 Å². The van der Waals surface area contributed by atoms with Crippen LogP contribution in [0.5, 0.6) is 5.75 Å². The number of hydrogen-bond acceptors (Lipinski definition) is 9. The van der Waals surface area contributed by atoms with Gasteiger partial charge in [-0.15, -0.1) is 11.3 Å². The molecule has 33 heavy (non-hydrogen) atoms. The second-order valence-corrected chi connectivity index (χ2v) is 11.6. The number of hydrogen-bond donors (Lipinski definition) is 2. The van der Waals surface area contributed by atoms with Gasteiger partial charge in [-0.05, 0) is 31.2 Å². The van der Waals surface area contributed by atoms with Crippen LogP contribution >= 0.6 is 11.3 Å². The highest BCUT2D eigenvalue weighted by Crippen LogP contribution is 2.25. The number of anilines is 1. The SMILES string of the molecule is Cc1nc2cc(OC[C@H](O)CN3CCN(CCS(=O)(=O)c4ccccc4N)CC3)ccc2s1. The standard InChI is InChI=1S/C23H30N4O4S2/c1-17-25-21-14-19(6-7-22(21)32-17)31-16-18(28)15-27-10-8-26(9-11-27)12-13-33(29,30)23-5-3-2-4-20(23)24/h2-7,14,18,28H,8-13,15-16,24H2,1H3/t18-/m1/s1. The molecular formula is C23H30N4O4S2. The first-order valence-electron chi connectivity index (χ1n) is 11.0. The Balaban J connectivity index is 1.19. The van der Waals surface area contributed by atoms with E-state index in [1.165, 1.54) is 0 Å². The number of rotatable bonds is 9. The number of fused-ring (bicyclic) bond motifs is 1. The number of benzene rings is 2. The first-order valence-corrected chi connectivity index (χ1v) is 13.5. The van der Waals surface area contributed by atoms with Crippen molar-refractivity contribution in [2.75, 3.05) is 57.4 Å². The zero-order chi connectivity index (χ0) is 23.4. The Labute approximate surface area is 198 Å². The Kier molecular flexibility index (Phi) is 7.50. The number of nitrogens with zero attached hydrogens (tertiary/aromatic N) is 3. The van der Waals surface area contributed by atoms with Crippen LogP contribution in [0.1, 0.15) is 5.01 Å². The molecule has 1 aliphatic heterocycles. The maximum atomic E-state index is 12.6. The Hall–Kier alpha value is -2.24. The molecule has 0 radical (unpaired) electrons. The minimum atomic E-state index is -3.41. The van der Waals surface area contributed by atoms with Gasteiger partial charge in [0.2, 0.25) is 0 Å². The fourth-order valence-corrected chi connectivity index (χ4v) is 6.21. The smallest absolute Gasteiger partial charge is 0.181 e. The summed E-state index contributed by atoms with van der Waals surface area (Å²) in [6.45, 7) is 6.24. The van der Waals surface area contributed by atoms with Gasteiger partial charge in [-0.1, -0.05) is 12.1 Å². The highest BCUT2D eigenvalue weighted by Gasteiger charge is 2.23.